The van der Waals surface area contributed by atoms with E-state index < -0.39 is 5.82 Å². The molecule has 1 aliphatic carbocycles. The van der Waals surface area contributed by atoms with Gasteiger partial charge in [-0.15, -0.1) is 12.6 Å². The minimum absolute atomic E-state index is 0.0713. The van der Waals surface area contributed by atoms with Crippen LogP contribution in [0.4, 0.5) is 4.39 Å². The Morgan fingerprint density at radius 1 is 1.50 bits per heavy atom. The normalized spacial score (nSPS) is 16.7. The Labute approximate surface area is 112 Å². The first-order valence-electron chi connectivity index (χ1n) is 6.21. The van der Waals surface area contributed by atoms with Gasteiger partial charge in [-0.2, -0.15) is 0 Å². The van der Waals surface area contributed by atoms with Crippen molar-refractivity contribution in [2.75, 3.05) is 6.54 Å². The topological polar surface area (TPSA) is 29.1 Å². The molecule has 0 unspecified atom stereocenters. The maximum Gasteiger partial charge on any atom is 0.254 e. The molecule has 4 heteroatoms. The van der Waals surface area contributed by atoms with E-state index in [1.807, 2.05) is 0 Å². The number of thiol groups is 1. The first-order valence-corrected chi connectivity index (χ1v) is 6.66. The summed E-state index contributed by atoms with van der Waals surface area (Å²) in [4.78, 5) is 12.5. The van der Waals surface area contributed by atoms with Crippen molar-refractivity contribution in [2.45, 2.75) is 31.6 Å². The first kappa shape index (κ1) is 13.4. The third-order valence-electron chi connectivity index (χ3n) is 3.91. The van der Waals surface area contributed by atoms with Crippen LogP contribution in [0.5, 0.6) is 0 Å². The second-order valence-electron chi connectivity index (χ2n) is 5.36. The van der Waals surface area contributed by atoms with Gasteiger partial charge < -0.3 is 5.32 Å². The quantitative estimate of drug-likeness (QED) is 0.805. The van der Waals surface area contributed by atoms with Crippen molar-refractivity contribution >= 4 is 18.5 Å². The molecule has 1 fully saturated rings. The summed E-state index contributed by atoms with van der Waals surface area (Å²) >= 11 is 4.12. The van der Waals surface area contributed by atoms with E-state index in [0.29, 0.717) is 17.4 Å². The van der Waals surface area contributed by atoms with Gasteiger partial charge in [-0.1, -0.05) is 13.8 Å². The van der Waals surface area contributed by atoms with E-state index in [2.05, 4.69) is 31.8 Å². The smallest absolute Gasteiger partial charge is 0.254 e. The summed E-state index contributed by atoms with van der Waals surface area (Å²) in [5.74, 6) is -0.311. The zero-order valence-corrected chi connectivity index (χ0v) is 11.6. The minimum atomic E-state index is -0.500. The van der Waals surface area contributed by atoms with Crippen LogP contribution in [0.3, 0.4) is 0 Å². The maximum absolute atomic E-state index is 13.5. The number of hydrogen-bond acceptors (Lipinski definition) is 2. The molecule has 1 aromatic rings. The highest BCUT2D eigenvalue weighted by molar-refractivity contribution is 7.80. The van der Waals surface area contributed by atoms with Gasteiger partial charge in [0.25, 0.3) is 5.91 Å². The summed E-state index contributed by atoms with van der Waals surface area (Å²) < 4.78 is 13.5. The highest BCUT2D eigenvalue weighted by Gasteiger charge is 2.45. The van der Waals surface area contributed by atoms with E-state index in [1.54, 1.807) is 0 Å². The molecular weight excluding hydrogens is 249 g/mol. The molecule has 2 nitrogen and oxygen atoms in total. The highest BCUT2D eigenvalue weighted by atomic mass is 32.1. The molecule has 18 heavy (non-hydrogen) atoms. The summed E-state index contributed by atoms with van der Waals surface area (Å²) in [6.07, 6.45) is 2.28. The molecule has 0 aromatic heterocycles. The predicted molar refractivity (Wildman–Crippen MR) is 72.5 cm³/mol. The van der Waals surface area contributed by atoms with Crippen molar-refractivity contribution < 1.29 is 9.18 Å². The fourth-order valence-electron chi connectivity index (χ4n) is 2.16. The van der Waals surface area contributed by atoms with Crippen LogP contribution >= 0.6 is 12.6 Å². The summed E-state index contributed by atoms with van der Waals surface area (Å²) in [7, 11) is 0. The molecule has 0 bridgehead atoms. The molecule has 98 valence electrons. The fraction of sp³-hybridized carbons (Fsp3) is 0.500. The Kier molecular flexibility index (Phi) is 3.66. The number of carbonyl (C=O) groups excluding carboxylic acids is 1. The average Bonchev–Trinajstić information content (AvgIpc) is 3.10. The van der Waals surface area contributed by atoms with Crippen LogP contribution in [0, 0.1) is 17.2 Å². The van der Waals surface area contributed by atoms with Crippen molar-refractivity contribution in [3.63, 3.8) is 0 Å². The molecule has 1 aliphatic rings. The molecular formula is C14H18FNOS. The number of rotatable bonds is 4. The van der Waals surface area contributed by atoms with Crippen molar-refractivity contribution in [1.29, 1.82) is 0 Å². The van der Waals surface area contributed by atoms with Gasteiger partial charge in [0, 0.05) is 11.4 Å². The Morgan fingerprint density at radius 2 is 2.17 bits per heavy atom. The molecule has 0 saturated heterocycles. The molecule has 0 atom stereocenters. The SMILES string of the molecule is CC(C)C1(CNC(=O)c2cc(S)ccc2F)CC1. The number of hydrogen-bond donors (Lipinski definition) is 2. The Balaban J connectivity index is 2.02. The second kappa shape index (κ2) is 4.92. The van der Waals surface area contributed by atoms with Gasteiger partial charge >= 0.3 is 0 Å². The average molecular weight is 267 g/mol. The van der Waals surface area contributed by atoms with Crippen LogP contribution in [0.2, 0.25) is 0 Å². The molecule has 2 rings (SSSR count). The molecule has 0 heterocycles. The van der Waals surface area contributed by atoms with Crippen LogP contribution in [0.15, 0.2) is 23.1 Å². The predicted octanol–water partition coefficient (Wildman–Crippen LogP) is 3.28. The van der Waals surface area contributed by atoms with Gasteiger partial charge in [-0.3, -0.25) is 4.79 Å². The first-order chi connectivity index (χ1) is 8.44. The summed E-state index contributed by atoms with van der Waals surface area (Å²) in [6.45, 7) is 4.95. The van der Waals surface area contributed by atoms with Gasteiger partial charge in [0.15, 0.2) is 0 Å². The zero-order valence-electron chi connectivity index (χ0n) is 10.7. The summed E-state index contributed by atoms with van der Waals surface area (Å²) in [5.41, 5.74) is 0.298. The number of nitrogens with one attached hydrogen (secondary N) is 1. The van der Waals surface area contributed by atoms with Crippen LogP contribution in [-0.2, 0) is 0 Å². The van der Waals surface area contributed by atoms with Gasteiger partial charge in [-0.05, 0) is 42.4 Å². The van der Waals surface area contributed by atoms with E-state index in [9.17, 15) is 9.18 Å². The highest BCUT2D eigenvalue weighted by Crippen LogP contribution is 2.51. The van der Waals surface area contributed by atoms with Gasteiger partial charge in [0.05, 0.1) is 5.56 Å². The lowest BCUT2D eigenvalue weighted by Crippen LogP contribution is -2.33. The third-order valence-corrected chi connectivity index (χ3v) is 4.19. The molecule has 0 aliphatic heterocycles. The third kappa shape index (κ3) is 2.69. The molecule has 0 spiro atoms. The fourth-order valence-corrected chi connectivity index (χ4v) is 2.36. The number of amides is 1. The van der Waals surface area contributed by atoms with Gasteiger partial charge in [0.1, 0.15) is 5.82 Å². The molecule has 1 amide bonds. The molecule has 1 N–H and O–H groups in total. The Morgan fingerprint density at radius 3 is 2.72 bits per heavy atom. The van der Waals surface area contributed by atoms with E-state index in [0.717, 1.165) is 12.8 Å². The van der Waals surface area contributed by atoms with Crippen molar-refractivity contribution in [1.82, 2.24) is 5.32 Å². The number of halogens is 1. The Bertz CT molecular complexity index is 469. The van der Waals surface area contributed by atoms with E-state index >= 15 is 0 Å². The lowest BCUT2D eigenvalue weighted by molar-refractivity contribution is 0.0935. The largest absolute Gasteiger partial charge is 0.351 e. The summed E-state index contributed by atoms with van der Waals surface area (Å²) in [5, 5.41) is 2.84. The van der Waals surface area contributed by atoms with E-state index in [-0.39, 0.29) is 16.9 Å². The zero-order chi connectivity index (χ0) is 13.3. The van der Waals surface area contributed by atoms with E-state index in [4.69, 9.17) is 0 Å². The van der Waals surface area contributed by atoms with E-state index in [1.165, 1.54) is 18.2 Å². The van der Waals surface area contributed by atoms with Crippen molar-refractivity contribution in [2.24, 2.45) is 11.3 Å². The standard InChI is InChI=1S/C14H18FNOS/c1-9(2)14(5-6-14)8-16-13(17)11-7-10(18)3-4-12(11)15/h3-4,7,9,18H,5-6,8H2,1-2H3,(H,16,17). The molecule has 1 aromatic carbocycles. The molecule has 1 saturated carbocycles. The van der Waals surface area contributed by atoms with Crippen LogP contribution in [0.25, 0.3) is 0 Å². The Hall–Kier alpha value is -1.03. The van der Waals surface area contributed by atoms with Gasteiger partial charge in [-0.25, -0.2) is 4.39 Å². The van der Waals surface area contributed by atoms with Crippen LogP contribution in [-0.4, -0.2) is 12.5 Å². The maximum atomic E-state index is 13.5. The van der Waals surface area contributed by atoms with Crippen LogP contribution in [0.1, 0.15) is 37.0 Å². The van der Waals surface area contributed by atoms with Crippen molar-refractivity contribution in [3.8, 4) is 0 Å². The number of benzene rings is 1. The van der Waals surface area contributed by atoms with Crippen LogP contribution < -0.4 is 5.32 Å². The summed E-state index contributed by atoms with van der Waals surface area (Å²) in [6, 6.07) is 4.26. The molecule has 0 radical (unpaired) electrons. The lowest BCUT2D eigenvalue weighted by atomic mass is 9.92. The minimum Gasteiger partial charge on any atom is -0.351 e. The lowest BCUT2D eigenvalue weighted by Gasteiger charge is -2.20. The second-order valence-corrected chi connectivity index (χ2v) is 5.88. The number of carbonyl (C=O) groups is 1. The van der Waals surface area contributed by atoms with Crippen molar-refractivity contribution in [3.05, 3.63) is 29.6 Å². The van der Waals surface area contributed by atoms with Gasteiger partial charge in [0.2, 0.25) is 0 Å². The monoisotopic (exact) mass is 267 g/mol.